The van der Waals surface area contributed by atoms with Crippen LogP contribution < -0.4 is 14.8 Å². The van der Waals surface area contributed by atoms with Crippen LogP contribution in [-0.2, 0) is 6.61 Å². The molecule has 0 amide bonds. The second kappa shape index (κ2) is 8.33. The highest BCUT2D eigenvalue weighted by Crippen LogP contribution is 2.33. The summed E-state index contributed by atoms with van der Waals surface area (Å²) in [5.41, 5.74) is 3.33. The monoisotopic (exact) mass is 606 g/mol. The maximum Gasteiger partial charge on any atom is 0.274 e. The van der Waals surface area contributed by atoms with Crippen molar-refractivity contribution in [2.75, 3.05) is 0 Å². The molecule has 0 spiro atoms. The zero-order valence-corrected chi connectivity index (χ0v) is 20.4. The van der Waals surface area contributed by atoms with Gasteiger partial charge in [0.25, 0.3) is 5.56 Å². The molecule has 0 aliphatic carbocycles. The van der Waals surface area contributed by atoms with Gasteiger partial charge in [0.05, 0.1) is 23.6 Å². The molecule has 8 heteroatoms. The minimum atomic E-state index is -0.272. The van der Waals surface area contributed by atoms with Crippen molar-refractivity contribution in [3.63, 3.8) is 0 Å². The molecule has 0 radical (unpaired) electrons. The second-order valence-electron chi connectivity index (χ2n) is 6.86. The fourth-order valence-corrected chi connectivity index (χ4v) is 6.06. The quantitative estimate of drug-likeness (QED) is 0.252. The first-order valence-corrected chi connectivity index (χ1v) is 12.0. The number of benzene rings is 3. The van der Waals surface area contributed by atoms with Gasteiger partial charge in [-0.05, 0) is 92.1 Å². The fraction of sp³-hybridized carbons (Fsp3) is 0.0435. The Labute approximate surface area is 202 Å². The Hall–Kier alpha value is -2.30. The summed E-state index contributed by atoms with van der Waals surface area (Å²) in [6.45, 7) is 0.331. The summed E-state index contributed by atoms with van der Waals surface area (Å²) in [4.78, 5) is 18.2. The van der Waals surface area contributed by atoms with Gasteiger partial charge in [-0.25, -0.2) is 13.8 Å². The van der Waals surface area contributed by atoms with Crippen LogP contribution >= 0.6 is 49.9 Å². The lowest BCUT2D eigenvalue weighted by molar-refractivity contribution is 0.302. The number of para-hydroxylation sites is 2. The molecule has 5 rings (SSSR count). The van der Waals surface area contributed by atoms with Crippen molar-refractivity contribution in [3.05, 3.63) is 101 Å². The third-order valence-electron chi connectivity index (χ3n) is 4.76. The number of nitrogens with zero attached hydrogens (tertiary/aromatic N) is 2. The first-order valence-electron chi connectivity index (χ1n) is 9.27. The van der Waals surface area contributed by atoms with Crippen molar-refractivity contribution in [2.45, 2.75) is 6.61 Å². The number of thiazole rings is 1. The first kappa shape index (κ1) is 20.6. The lowest BCUT2D eigenvalue weighted by Crippen LogP contribution is -2.22. The van der Waals surface area contributed by atoms with Crippen LogP contribution in [0, 0.1) is 9.39 Å². The van der Waals surface area contributed by atoms with E-state index in [0.717, 1.165) is 30.2 Å². The number of aromatic nitrogens is 2. The molecular formula is C23H13BrFIN2O2S. The zero-order chi connectivity index (χ0) is 21.5. The molecule has 0 N–H and O–H groups in total. The van der Waals surface area contributed by atoms with E-state index in [-0.39, 0.29) is 11.4 Å². The summed E-state index contributed by atoms with van der Waals surface area (Å²) in [7, 11) is 0. The van der Waals surface area contributed by atoms with Gasteiger partial charge in [0.15, 0.2) is 4.96 Å². The summed E-state index contributed by atoms with van der Waals surface area (Å²) in [5, 5.41) is 0. The van der Waals surface area contributed by atoms with Crippen molar-refractivity contribution in [1.29, 1.82) is 0 Å². The highest BCUT2D eigenvalue weighted by molar-refractivity contribution is 14.1. The molecule has 0 unspecified atom stereocenters. The molecule has 5 aromatic rings. The molecule has 0 aliphatic rings. The topological polar surface area (TPSA) is 43.6 Å². The van der Waals surface area contributed by atoms with Gasteiger partial charge in [-0.15, -0.1) is 0 Å². The molecule has 0 atom stereocenters. The van der Waals surface area contributed by atoms with Crippen LogP contribution in [0.15, 0.2) is 69.9 Å². The molecule has 0 bridgehead atoms. The van der Waals surface area contributed by atoms with Gasteiger partial charge in [0, 0.05) is 0 Å². The van der Waals surface area contributed by atoms with E-state index < -0.39 is 0 Å². The highest BCUT2D eigenvalue weighted by atomic mass is 127. The normalized spacial score (nSPS) is 12.2. The van der Waals surface area contributed by atoms with Crippen LogP contribution in [0.5, 0.6) is 5.75 Å². The number of ether oxygens (including phenoxy) is 1. The van der Waals surface area contributed by atoms with Crippen molar-refractivity contribution < 1.29 is 9.13 Å². The summed E-state index contributed by atoms with van der Waals surface area (Å²) in [6.07, 6.45) is 1.87. The number of hydrogen-bond acceptors (Lipinski definition) is 4. The van der Waals surface area contributed by atoms with Crippen LogP contribution in [-0.4, -0.2) is 9.38 Å². The molecule has 0 fully saturated rings. The third-order valence-corrected chi connectivity index (χ3v) is 7.12. The lowest BCUT2D eigenvalue weighted by atomic mass is 10.2. The molecule has 31 heavy (non-hydrogen) atoms. The largest absolute Gasteiger partial charge is 0.487 e. The Balaban J connectivity index is 1.48. The van der Waals surface area contributed by atoms with Crippen molar-refractivity contribution in [2.24, 2.45) is 0 Å². The predicted octanol–water partition coefficient (Wildman–Crippen LogP) is 5.54. The zero-order valence-electron chi connectivity index (χ0n) is 15.8. The molecule has 0 saturated heterocycles. The average molecular weight is 607 g/mol. The van der Waals surface area contributed by atoms with Crippen molar-refractivity contribution in [3.8, 4) is 5.75 Å². The number of imidazole rings is 1. The minimum Gasteiger partial charge on any atom is -0.487 e. The van der Waals surface area contributed by atoms with Crippen LogP contribution in [0.3, 0.4) is 0 Å². The van der Waals surface area contributed by atoms with Crippen molar-refractivity contribution in [1.82, 2.24) is 9.38 Å². The Morgan fingerprint density at radius 3 is 2.71 bits per heavy atom. The third kappa shape index (κ3) is 3.99. The van der Waals surface area contributed by atoms with Gasteiger partial charge >= 0.3 is 0 Å². The number of fused-ring (bicyclic) bond motifs is 3. The minimum absolute atomic E-state index is 0.0727. The van der Waals surface area contributed by atoms with E-state index >= 15 is 0 Å². The van der Waals surface area contributed by atoms with Crippen LogP contribution in [0.25, 0.3) is 22.1 Å². The average Bonchev–Trinajstić information content (AvgIpc) is 3.25. The van der Waals surface area contributed by atoms with Gasteiger partial charge in [-0.1, -0.05) is 35.6 Å². The van der Waals surface area contributed by atoms with Gasteiger partial charge in [-0.2, -0.15) is 0 Å². The van der Waals surface area contributed by atoms with E-state index in [0.29, 0.717) is 21.8 Å². The molecule has 2 heterocycles. The highest BCUT2D eigenvalue weighted by Gasteiger charge is 2.12. The van der Waals surface area contributed by atoms with E-state index in [9.17, 15) is 9.18 Å². The van der Waals surface area contributed by atoms with Crippen LogP contribution in [0.1, 0.15) is 11.1 Å². The molecular weight excluding hydrogens is 594 g/mol. The van der Waals surface area contributed by atoms with E-state index in [1.54, 1.807) is 16.5 Å². The Morgan fingerprint density at radius 1 is 1.16 bits per heavy atom. The van der Waals surface area contributed by atoms with E-state index in [1.807, 2.05) is 42.5 Å². The van der Waals surface area contributed by atoms with E-state index in [2.05, 4.69) is 43.5 Å². The Morgan fingerprint density at radius 2 is 1.94 bits per heavy atom. The predicted molar refractivity (Wildman–Crippen MR) is 133 cm³/mol. The maximum atomic E-state index is 13.1. The van der Waals surface area contributed by atoms with Crippen molar-refractivity contribution >= 4 is 71.9 Å². The SMILES string of the molecule is O=c1/c(=C/c2cc(Br)c(OCc3ccc(F)cc3)c(I)c2)sc2nc3ccccc3n12. The molecule has 4 nitrogen and oxygen atoms in total. The summed E-state index contributed by atoms with van der Waals surface area (Å²) < 4.78 is 23.0. The molecule has 154 valence electrons. The van der Waals surface area contributed by atoms with Gasteiger partial charge in [-0.3, -0.25) is 4.79 Å². The van der Waals surface area contributed by atoms with E-state index in [1.165, 1.54) is 23.5 Å². The van der Waals surface area contributed by atoms with Crippen LogP contribution in [0.4, 0.5) is 4.39 Å². The first-order chi connectivity index (χ1) is 15.0. The number of halogens is 3. The summed E-state index contributed by atoms with van der Waals surface area (Å²) in [5.74, 6) is 0.433. The van der Waals surface area contributed by atoms with Gasteiger partial charge < -0.3 is 4.74 Å². The molecule has 3 aromatic carbocycles. The molecule has 0 aliphatic heterocycles. The summed E-state index contributed by atoms with van der Waals surface area (Å²) >= 11 is 7.15. The number of rotatable bonds is 4. The van der Waals surface area contributed by atoms with Crippen LogP contribution in [0.2, 0.25) is 0 Å². The lowest BCUT2D eigenvalue weighted by Gasteiger charge is -2.11. The van der Waals surface area contributed by atoms with Gasteiger partial charge in [0.1, 0.15) is 18.2 Å². The fourth-order valence-electron chi connectivity index (χ4n) is 3.30. The standard InChI is InChI=1S/C23H13BrFIN2O2S/c24-16-9-14(10-17(26)21(16)30-12-13-5-7-15(25)8-6-13)11-20-22(29)28-19-4-2-1-3-18(19)27-23(28)31-20/h1-11H,12H2/b20-11-. The summed E-state index contributed by atoms with van der Waals surface area (Å²) in [6, 6.07) is 17.7. The molecule has 0 saturated carbocycles. The number of hydrogen-bond donors (Lipinski definition) is 0. The maximum absolute atomic E-state index is 13.1. The Bertz CT molecular complexity index is 1520. The second-order valence-corrected chi connectivity index (χ2v) is 9.89. The van der Waals surface area contributed by atoms with E-state index in [4.69, 9.17) is 4.74 Å². The smallest absolute Gasteiger partial charge is 0.274 e. The Kier molecular flexibility index (Phi) is 5.53. The molecule has 2 aromatic heterocycles. The van der Waals surface area contributed by atoms with Gasteiger partial charge in [0.2, 0.25) is 0 Å².